The minimum Gasteiger partial charge on any atom is -0.395 e. The first-order valence-corrected chi connectivity index (χ1v) is 6.13. The van der Waals surface area contributed by atoms with Crippen LogP contribution < -0.4 is 0 Å². The van der Waals surface area contributed by atoms with Crippen LogP contribution in [0.4, 0.5) is 0 Å². The standard InChI is InChI=1S/C11H22ClNO2/c1-4-10(5-2)13(6-7-14)11(15)9(3)8-12/h9-10,14H,4-8H2,1-3H3. The molecular formula is C11H22ClNO2. The van der Waals surface area contributed by atoms with Crippen LogP contribution in [0.1, 0.15) is 33.6 Å². The number of nitrogens with zero attached hydrogens (tertiary/aromatic N) is 1. The molecule has 0 aliphatic heterocycles. The fraction of sp³-hybridized carbons (Fsp3) is 0.909. The van der Waals surface area contributed by atoms with Crippen LogP contribution >= 0.6 is 11.6 Å². The van der Waals surface area contributed by atoms with Crippen LogP contribution in [0.5, 0.6) is 0 Å². The van der Waals surface area contributed by atoms with E-state index in [9.17, 15) is 4.79 Å². The van der Waals surface area contributed by atoms with Crippen molar-refractivity contribution in [3.8, 4) is 0 Å². The summed E-state index contributed by atoms with van der Waals surface area (Å²) in [7, 11) is 0. The molecule has 1 amide bonds. The van der Waals surface area contributed by atoms with E-state index in [4.69, 9.17) is 16.7 Å². The molecule has 90 valence electrons. The van der Waals surface area contributed by atoms with Gasteiger partial charge in [0.15, 0.2) is 0 Å². The Morgan fingerprint density at radius 2 is 1.93 bits per heavy atom. The number of halogens is 1. The van der Waals surface area contributed by atoms with Crippen molar-refractivity contribution in [2.45, 2.75) is 39.7 Å². The van der Waals surface area contributed by atoms with Crippen molar-refractivity contribution >= 4 is 17.5 Å². The molecule has 3 nitrogen and oxygen atoms in total. The second kappa shape index (κ2) is 7.94. The highest BCUT2D eigenvalue weighted by Crippen LogP contribution is 2.13. The number of aliphatic hydroxyl groups is 1. The Labute approximate surface area is 97.4 Å². The average Bonchev–Trinajstić information content (AvgIpc) is 2.27. The summed E-state index contributed by atoms with van der Waals surface area (Å²) in [5.41, 5.74) is 0. The van der Waals surface area contributed by atoms with E-state index in [1.165, 1.54) is 0 Å². The number of hydrogen-bond donors (Lipinski definition) is 1. The normalized spacial score (nSPS) is 12.9. The van der Waals surface area contributed by atoms with E-state index in [2.05, 4.69) is 13.8 Å². The fourth-order valence-electron chi connectivity index (χ4n) is 1.66. The summed E-state index contributed by atoms with van der Waals surface area (Å²) in [5.74, 6) is 0.215. The Balaban J connectivity index is 4.55. The van der Waals surface area contributed by atoms with Crippen molar-refractivity contribution in [3.63, 3.8) is 0 Å². The van der Waals surface area contributed by atoms with Crippen LogP contribution in [0.15, 0.2) is 0 Å². The molecule has 0 rings (SSSR count). The minimum atomic E-state index is -0.168. The summed E-state index contributed by atoms with van der Waals surface area (Å²) in [6, 6.07) is 0.218. The van der Waals surface area contributed by atoms with Gasteiger partial charge in [0.05, 0.1) is 6.61 Å². The predicted molar refractivity (Wildman–Crippen MR) is 63.1 cm³/mol. The van der Waals surface area contributed by atoms with E-state index >= 15 is 0 Å². The molecule has 0 bridgehead atoms. The largest absolute Gasteiger partial charge is 0.395 e. The van der Waals surface area contributed by atoms with Crippen molar-refractivity contribution in [1.82, 2.24) is 4.90 Å². The van der Waals surface area contributed by atoms with Gasteiger partial charge in [-0.3, -0.25) is 4.79 Å². The minimum absolute atomic E-state index is 0.0112. The van der Waals surface area contributed by atoms with E-state index in [0.29, 0.717) is 12.4 Å². The number of aliphatic hydroxyl groups excluding tert-OH is 1. The molecule has 15 heavy (non-hydrogen) atoms. The van der Waals surface area contributed by atoms with Gasteiger partial charge in [-0.15, -0.1) is 11.6 Å². The van der Waals surface area contributed by atoms with Crippen molar-refractivity contribution < 1.29 is 9.90 Å². The molecule has 0 aliphatic rings. The Bertz CT molecular complexity index is 183. The van der Waals surface area contributed by atoms with Crippen molar-refractivity contribution in [2.24, 2.45) is 5.92 Å². The van der Waals surface area contributed by atoms with E-state index < -0.39 is 0 Å². The lowest BCUT2D eigenvalue weighted by Gasteiger charge is -2.31. The molecule has 0 saturated carbocycles. The van der Waals surface area contributed by atoms with Crippen LogP contribution in [0.3, 0.4) is 0 Å². The van der Waals surface area contributed by atoms with Crippen molar-refractivity contribution in [3.05, 3.63) is 0 Å². The zero-order valence-corrected chi connectivity index (χ0v) is 10.6. The predicted octanol–water partition coefficient (Wildman–Crippen LogP) is 1.87. The van der Waals surface area contributed by atoms with Gasteiger partial charge in [0.1, 0.15) is 0 Å². The third-order valence-corrected chi connectivity index (χ3v) is 3.12. The molecule has 0 aliphatic carbocycles. The number of hydrogen-bond acceptors (Lipinski definition) is 2. The topological polar surface area (TPSA) is 40.5 Å². The third-order valence-electron chi connectivity index (χ3n) is 2.66. The summed E-state index contributed by atoms with van der Waals surface area (Å²) >= 11 is 5.67. The van der Waals surface area contributed by atoms with E-state index in [0.717, 1.165) is 12.8 Å². The second-order valence-electron chi connectivity index (χ2n) is 3.78. The number of alkyl halides is 1. The molecule has 0 aromatic heterocycles. The maximum Gasteiger partial charge on any atom is 0.226 e. The van der Waals surface area contributed by atoms with Gasteiger partial charge in [0, 0.05) is 24.4 Å². The van der Waals surface area contributed by atoms with Gasteiger partial charge in [-0.25, -0.2) is 0 Å². The zero-order valence-electron chi connectivity index (χ0n) is 9.87. The summed E-state index contributed by atoms with van der Waals surface area (Å²) in [5, 5.41) is 8.95. The lowest BCUT2D eigenvalue weighted by atomic mass is 10.1. The second-order valence-corrected chi connectivity index (χ2v) is 4.09. The molecule has 0 fully saturated rings. The van der Waals surface area contributed by atoms with Gasteiger partial charge in [-0.2, -0.15) is 0 Å². The number of rotatable bonds is 7. The quantitative estimate of drug-likeness (QED) is 0.685. The molecule has 0 heterocycles. The first kappa shape index (κ1) is 14.7. The van der Waals surface area contributed by atoms with E-state index in [1.54, 1.807) is 4.90 Å². The third kappa shape index (κ3) is 4.39. The highest BCUT2D eigenvalue weighted by Gasteiger charge is 2.24. The SMILES string of the molecule is CCC(CC)N(CCO)C(=O)C(C)CCl. The van der Waals surface area contributed by atoms with Crippen LogP contribution in [0, 0.1) is 5.92 Å². The van der Waals surface area contributed by atoms with Crippen LogP contribution in [-0.4, -0.2) is 41.0 Å². The zero-order chi connectivity index (χ0) is 11.8. The summed E-state index contributed by atoms with van der Waals surface area (Å²) in [6.45, 7) is 6.35. The molecule has 4 heteroatoms. The average molecular weight is 236 g/mol. The molecule has 0 saturated heterocycles. The van der Waals surface area contributed by atoms with Gasteiger partial charge >= 0.3 is 0 Å². The van der Waals surface area contributed by atoms with Gasteiger partial charge < -0.3 is 10.0 Å². The lowest BCUT2D eigenvalue weighted by molar-refractivity contribution is -0.137. The fourth-order valence-corrected chi connectivity index (χ4v) is 1.79. The Morgan fingerprint density at radius 3 is 2.27 bits per heavy atom. The maximum absolute atomic E-state index is 12.0. The molecule has 1 unspecified atom stereocenters. The van der Waals surface area contributed by atoms with Gasteiger partial charge in [-0.05, 0) is 12.8 Å². The Hall–Kier alpha value is -0.280. The monoisotopic (exact) mass is 235 g/mol. The molecular weight excluding hydrogens is 214 g/mol. The molecule has 1 atom stereocenters. The van der Waals surface area contributed by atoms with E-state index in [-0.39, 0.29) is 24.5 Å². The first-order valence-electron chi connectivity index (χ1n) is 5.59. The number of amides is 1. The Kier molecular flexibility index (Phi) is 7.79. The molecule has 1 N–H and O–H groups in total. The van der Waals surface area contributed by atoms with Crippen LogP contribution in [-0.2, 0) is 4.79 Å². The molecule has 0 spiro atoms. The molecule has 0 radical (unpaired) electrons. The van der Waals surface area contributed by atoms with Gasteiger partial charge in [0.2, 0.25) is 5.91 Å². The molecule has 0 aromatic rings. The summed E-state index contributed by atoms with van der Waals surface area (Å²) in [6.07, 6.45) is 1.83. The smallest absolute Gasteiger partial charge is 0.226 e. The van der Waals surface area contributed by atoms with Crippen molar-refractivity contribution in [2.75, 3.05) is 19.0 Å². The number of carbonyl (C=O) groups excluding carboxylic acids is 1. The molecule has 0 aromatic carbocycles. The number of carbonyl (C=O) groups is 1. The first-order chi connectivity index (χ1) is 7.12. The van der Waals surface area contributed by atoms with Crippen molar-refractivity contribution in [1.29, 1.82) is 0 Å². The summed E-state index contributed by atoms with van der Waals surface area (Å²) < 4.78 is 0. The summed E-state index contributed by atoms with van der Waals surface area (Å²) in [4.78, 5) is 13.7. The maximum atomic E-state index is 12.0. The lowest BCUT2D eigenvalue weighted by Crippen LogP contribution is -2.44. The van der Waals surface area contributed by atoms with Gasteiger partial charge in [-0.1, -0.05) is 20.8 Å². The highest BCUT2D eigenvalue weighted by molar-refractivity contribution is 6.19. The highest BCUT2D eigenvalue weighted by atomic mass is 35.5. The Morgan fingerprint density at radius 1 is 1.40 bits per heavy atom. The van der Waals surface area contributed by atoms with Crippen LogP contribution in [0.25, 0.3) is 0 Å². The van der Waals surface area contributed by atoms with Gasteiger partial charge in [0.25, 0.3) is 0 Å². The van der Waals surface area contributed by atoms with E-state index in [1.807, 2.05) is 6.92 Å². The van der Waals surface area contributed by atoms with Crippen LogP contribution in [0.2, 0.25) is 0 Å².